The number of imide groups is 1. The largest absolute Gasteiger partial charge is 0.350 e. The number of rotatable bonds is 6. The van der Waals surface area contributed by atoms with E-state index in [-0.39, 0.29) is 48.3 Å². The van der Waals surface area contributed by atoms with Crippen LogP contribution >= 0.6 is 0 Å². The number of hydrogen-bond donors (Lipinski definition) is 2. The summed E-state index contributed by atoms with van der Waals surface area (Å²) in [6, 6.07) is 11.4. The Bertz CT molecular complexity index is 980. The number of nitrogens with one attached hydrogen (secondary N) is 2. The van der Waals surface area contributed by atoms with Crippen molar-refractivity contribution in [2.75, 3.05) is 13.1 Å². The van der Waals surface area contributed by atoms with Crippen molar-refractivity contribution < 1.29 is 19.2 Å². The van der Waals surface area contributed by atoms with Crippen LogP contribution in [0, 0.1) is 6.92 Å². The van der Waals surface area contributed by atoms with Crippen molar-refractivity contribution in [3.05, 3.63) is 70.3 Å². The molecule has 4 amide bonds. The Morgan fingerprint density at radius 2 is 1.34 bits per heavy atom. The van der Waals surface area contributed by atoms with Crippen LogP contribution in [0.15, 0.2) is 42.5 Å². The molecule has 1 heterocycles. The smallest absolute Gasteiger partial charge is 0.261 e. The maximum atomic E-state index is 12.4. The Labute approximate surface area is 169 Å². The Morgan fingerprint density at radius 1 is 0.828 bits per heavy atom. The van der Waals surface area contributed by atoms with E-state index in [4.69, 9.17) is 0 Å². The molecule has 3 rings (SSSR count). The van der Waals surface area contributed by atoms with Crippen LogP contribution in [0.1, 0.15) is 60.8 Å². The maximum absolute atomic E-state index is 12.4. The van der Waals surface area contributed by atoms with Gasteiger partial charge in [0.1, 0.15) is 0 Å². The third kappa shape index (κ3) is 4.18. The van der Waals surface area contributed by atoms with Crippen molar-refractivity contribution in [3.63, 3.8) is 0 Å². The van der Waals surface area contributed by atoms with Crippen LogP contribution in [0.5, 0.6) is 0 Å². The van der Waals surface area contributed by atoms with Gasteiger partial charge in [-0.1, -0.05) is 17.7 Å². The molecule has 0 aromatic heterocycles. The number of nitrogens with zero attached hydrogens (tertiary/aromatic N) is 1. The number of amides is 4. The first kappa shape index (κ1) is 20.3. The van der Waals surface area contributed by atoms with E-state index >= 15 is 0 Å². The van der Waals surface area contributed by atoms with Gasteiger partial charge in [-0.25, -0.2) is 0 Å². The van der Waals surface area contributed by atoms with E-state index in [1.165, 1.54) is 23.1 Å². The van der Waals surface area contributed by atoms with Crippen LogP contribution in [-0.2, 0) is 0 Å². The normalized spacial score (nSPS) is 12.9. The highest BCUT2D eigenvalue weighted by Crippen LogP contribution is 2.25. The molecule has 7 nitrogen and oxygen atoms in total. The number of benzene rings is 2. The van der Waals surface area contributed by atoms with Crippen molar-refractivity contribution in [2.45, 2.75) is 26.8 Å². The molecule has 0 atom stereocenters. The van der Waals surface area contributed by atoms with Gasteiger partial charge in [-0.05, 0) is 51.1 Å². The van der Waals surface area contributed by atoms with Gasteiger partial charge in [0.2, 0.25) is 0 Å². The number of hydrogen-bond acceptors (Lipinski definition) is 4. The second-order valence-electron chi connectivity index (χ2n) is 7.21. The highest BCUT2D eigenvalue weighted by molar-refractivity contribution is 6.22. The standard InChI is InChI=1S/C22H23N3O4/c1-13(2)25-21(28)17-9-8-16(12-18(17)22(25)29)20(27)24-11-10-23-19(26)15-6-4-14(3)5-7-15/h4-9,12-13H,10-11H2,1-3H3,(H,23,26)(H,24,27). The molecule has 0 radical (unpaired) electrons. The fraction of sp³-hybridized carbons (Fsp3) is 0.273. The summed E-state index contributed by atoms with van der Waals surface area (Å²) < 4.78 is 0. The molecule has 29 heavy (non-hydrogen) atoms. The summed E-state index contributed by atoms with van der Waals surface area (Å²) in [6.07, 6.45) is 0. The van der Waals surface area contributed by atoms with Gasteiger partial charge < -0.3 is 10.6 Å². The molecule has 0 spiro atoms. The molecule has 0 bridgehead atoms. The molecule has 7 heteroatoms. The summed E-state index contributed by atoms with van der Waals surface area (Å²) in [7, 11) is 0. The lowest BCUT2D eigenvalue weighted by Gasteiger charge is -2.17. The number of carbonyl (C=O) groups is 4. The molecular formula is C22H23N3O4. The molecule has 0 saturated carbocycles. The minimum absolute atomic E-state index is 0.213. The van der Waals surface area contributed by atoms with Gasteiger partial charge in [0.15, 0.2) is 0 Å². The Hall–Kier alpha value is -3.48. The molecule has 2 aromatic carbocycles. The minimum Gasteiger partial charge on any atom is -0.350 e. The lowest BCUT2D eigenvalue weighted by Crippen LogP contribution is -2.36. The van der Waals surface area contributed by atoms with E-state index in [0.29, 0.717) is 16.7 Å². The monoisotopic (exact) mass is 393 g/mol. The van der Waals surface area contributed by atoms with E-state index in [1.807, 2.05) is 19.1 Å². The third-order valence-electron chi connectivity index (χ3n) is 4.71. The summed E-state index contributed by atoms with van der Waals surface area (Å²) >= 11 is 0. The second kappa shape index (κ2) is 8.26. The molecule has 1 aliphatic heterocycles. The molecule has 2 aromatic rings. The van der Waals surface area contributed by atoms with Gasteiger partial charge in [0, 0.05) is 30.3 Å². The fourth-order valence-electron chi connectivity index (χ4n) is 3.13. The topological polar surface area (TPSA) is 95.6 Å². The number of aryl methyl sites for hydroxylation is 1. The average Bonchev–Trinajstić information content (AvgIpc) is 2.95. The van der Waals surface area contributed by atoms with Gasteiger partial charge in [-0.15, -0.1) is 0 Å². The summed E-state index contributed by atoms with van der Waals surface area (Å²) in [5.74, 6) is -1.32. The van der Waals surface area contributed by atoms with Crippen LogP contribution in [0.2, 0.25) is 0 Å². The highest BCUT2D eigenvalue weighted by atomic mass is 16.2. The molecule has 1 aliphatic rings. The number of carbonyl (C=O) groups excluding carboxylic acids is 4. The fourth-order valence-corrected chi connectivity index (χ4v) is 3.13. The zero-order valence-corrected chi connectivity index (χ0v) is 16.6. The van der Waals surface area contributed by atoms with Crippen molar-refractivity contribution in [1.82, 2.24) is 15.5 Å². The van der Waals surface area contributed by atoms with Gasteiger partial charge in [-0.3, -0.25) is 24.1 Å². The zero-order chi connectivity index (χ0) is 21.1. The SMILES string of the molecule is Cc1ccc(C(=O)NCCNC(=O)c2ccc3c(c2)C(=O)N(C(C)C)C3=O)cc1. The highest BCUT2D eigenvalue weighted by Gasteiger charge is 2.37. The molecule has 150 valence electrons. The predicted molar refractivity (Wildman–Crippen MR) is 108 cm³/mol. The molecule has 0 fully saturated rings. The average molecular weight is 393 g/mol. The van der Waals surface area contributed by atoms with E-state index in [9.17, 15) is 19.2 Å². The quantitative estimate of drug-likeness (QED) is 0.581. The van der Waals surface area contributed by atoms with E-state index < -0.39 is 0 Å². The Kier molecular flexibility index (Phi) is 5.77. The molecule has 2 N–H and O–H groups in total. The van der Waals surface area contributed by atoms with Crippen LogP contribution in [0.25, 0.3) is 0 Å². The molecular weight excluding hydrogens is 370 g/mol. The lowest BCUT2D eigenvalue weighted by molar-refractivity contribution is 0.0608. The molecule has 0 unspecified atom stereocenters. The maximum Gasteiger partial charge on any atom is 0.261 e. The van der Waals surface area contributed by atoms with Crippen LogP contribution in [0.3, 0.4) is 0 Å². The second-order valence-corrected chi connectivity index (χ2v) is 7.21. The summed E-state index contributed by atoms with van der Waals surface area (Å²) in [5.41, 5.74) is 2.47. The predicted octanol–water partition coefficient (Wildman–Crippen LogP) is 2.16. The van der Waals surface area contributed by atoms with Gasteiger partial charge in [0.05, 0.1) is 11.1 Å². The first-order chi connectivity index (χ1) is 13.8. The van der Waals surface area contributed by atoms with Crippen molar-refractivity contribution in [3.8, 4) is 0 Å². The Balaban J connectivity index is 1.56. The molecule has 0 saturated heterocycles. The van der Waals surface area contributed by atoms with Gasteiger partial charge >= 0.3 is 0 Å². The van der Waals surface area contributed by atoms with Gasteiger partial charge in [-0.2, -0.15) is 0 Å². The van der Waals surface area contributed by atoms with Crippen LogP contribution in [0.4, 0.5) is 0 Å². The van der Waals surface area contributed by atoms with E-state index in [2.05, 4.69) is 10.6 Å². The summed E-state index contributed by atoms with van der Waals surface area (Å²) in [6.45, 7) is 5.97. The summed E-state index contributed by atoms with van der Waals surface area (Å²) in [5, 5.41) is 5.44. The minimum atomic E-state index is -0.389. The van der Waals surface area contributed by atoms with Crippen LogP contribution in [-0.4, -0.2) is 47.7 Å². The first-order valence-electron chi connectivity index (χ1n) is 9.44. The van der Waals surface area contributed by atoms with Gasteiger partial charge in [0.25, 0.3) is 23.6 Å². The summed E-state index contributed by atoms with van der Waals surface area (Å²) in [4.78, 5) is 50.4. The van der Waals surface area contributed by atoms with Crippen molar-refractivity contribution in [1.29, 1.82) is 0 Å². The van der Waals surface area contributed by atoms with Crippen LogP contribution < -0.4 is 10.6 Å². The third-order valence-corrected chi connectivity index (χ3v) is 4.71. The molecule has 0 aliphatic carbocycles. The van der Waals surface area contributed by atoms with Crippen molar-refractivity contribution in [2.24, 2.45) is 0 Å². The van der Waals surface area contributed by atoms with E-state index in [1.54, 1.807) is 26.0 Å². The van der Waals surface area contributed by atoms with E-state index in [0.717, 1.165) is 5.56 Å². The number of fused-ring (bicyclic) bond motifs is 1. The zero-order valence-electron chi connectivity index (χ0n) is 16.6. The van der Waals surface area contributed by atoms with Crippen molar-refractivity contribution >= 4 is 23.6 Å². The lowest BCUT2D eigenvalue weighted by atomic mass is 10.1. The first-order valence-corrected chi connectivity index (χ1v) is 9.44. The Morgan fingerprint density at radius 3 is 1.93 bits per heavy atom.